The van der Waals surface area contributed by atoms with Crippen LogP contribution in [-0.4, -0.2) is 13.1 Å². The van der Waals surface area contributed by atoms with Crippen molar-refractivity contribution in [2.24, 2.45) is 17.8 Å². The summed E-state index contributed by atoms with van der Waals surface area (Å²) in [4.78, 5) is 0. The summed E-state index contributed by atoms with van der Waals surface area (Å²) < 4.78 is 0. The van der Waals surface area contributed by atoms with Crippen LogP contribution in [0, 0.1) is 30.1 Å². The maximum absolute atomic E-state index is 5.18. The van der Waals surface area contributed by atoms with E-state index in [0.717, 1.165) is 37.3 Å². The largest absolute Gasteiger partial charge is 0.315 e. The Bertz CT molecular complexity index is 236. The van der Waals surface area contributed by atoms with Crippen molar-refractivity contribution in [1.82, 2.24) is 5.32 Å². The highest BCUT2D eigenvalue weighted by Crippen LogP contribution is 2.42. The van der Waals surface area contributed by atoms with Gasteiger partial charge in [-0.3, -0.25) is 0 Å². The average molecular weight is 175 g/mol. The molecule has 0 aromatic carbocycles. The van der Waals surface area contributed by atoms with Gasteiger partial charge in [0, 0.05) is 13.0 Å². The molecule has 0 aliphatic heterocycles. The summed E-state index contributed by atoms with van der Waals surface area (Å²) in [5.41, 5.74) is 0. The van der Waals surface area contributed by atoms with E-state index in [2.05, 4.69) is 23.4 Å². The first-order chi connectivity index (χ1) is 6.40. The van der Waals surface area contributed by atoms with Crippen molar-refractivity contribution in [1.29, 1.82) is 0 Å². The van der Waals surface area contributed by atoms with Crippen molar-refractivity contribution < 1.29 is 0 Å². The smallest absolute Gasteiger partial charge is 0.0211 e. The fraction of sp³-hybridized carbons (Fsp3) is 0.667. The zero-order valence-electron chi connectivity index (χ0n) is 8.00. The van der Waals surface area contributed by atoms with Crippen molar-refractivity contribution in [3.05, 3.63) is 12.2 Å². The summed E-state index contributed by atoms with van der Waals surface area (Å²) in [6.45, 7) is 2.14. The predicted octanol–water partition coefficient (Wildman–Crippen LogP) is 1.81. The molecule has 70 valence electrons. The van der Waals surface area contributed by atoms with Crippen molar-refractivity contribution in [3.8, 4) is 12.3 Å². The third-order valence-corrected chi connectivity index (χ3v) is 3.27. The van der Waals surface area contributed by atoms with Gasteiger partial charge < -0.3 is 5.32 Å². The topological polar surface area (TPSA) is 12.0 Å². The molecule has 3 atom stereocenters. The highest BCUT2D eigenvalue weighted by atomic mass is 14.9. The Morgan fingerprint density at radius 1 is 1.38 bits per heavy atom. The number of allylic oxidation sites excluding steroid dienone is 2. The van der Waals surface area contributed by atoms with Crippen LogP contribution in [0.2, 0.25) is 0 Å². The van der Waals surface area contributed by atoms with E-state index in [1.54, 1.807) is 0 Å². The van der Waals surface area contributed by atoms with Gasteiger partial charge >= 0.3 is 0 Å². The van der Waals surface area contributed by atoms with Gasteiger partial charge in [0.15, 0.2) is 0 Å². The second-order valence-electron chi connectivity index (χ2n) is 4.20. The van der Waals surface area contributed by atoms with Gasteiger partial charge in [0.1, 0.15) is 0 Å². The van der Waals surface area contributed by atoms with Crippen molar-refractivity contribution in [2.75, 3.05) is 13.1 Å². The normalized spacial score (nSPS) is 35.2. The van der Waals surface area contributed by atoms with Crippen LogP contribution >= 0.6 is 0 Å². The van der Waals surface area contributed by atoms with Gasteiger partial charge in [-0.1, -0.05) is 12.2 Å². The zero-order chi connectivity index (χ0) is 9.10. The number of rotatable bonds is 4. The molecule has 0 aromatic heterocycles. The maximum atomic E-state index is 5.18. The van der Waals surface area contributed by atoms with E-state index in [4.69, 9.17) is 6.42 Å². The third-order valence-electron chi connectivity index (χ3n) is 3.27. The van der Waals surface area contributed by atoms with Crippen molar-refractivity contribution in [2.45, 2.75) is 19.3 Å². The molecule has 0 saturated heterocycles. The molecule has 2 rings (SSSR count). The van der Waals surface area contributed by atoms with Crippen LogP contribution < -0.4 is 5.32 Å². The molecule has 2 bridgehead atoms. The molecule has 3 unspecified atom stereocenters. The van der Waals surface area contributed by atoms with Crippen LogP contribution in [0.15, 0.2) is 12.2 Å². The van der Waals surface area contributed by atoms with E-state index in [0.29, 0.717) is 0 Å². The van der Waals surface area contributed by atoms with Crippen LogP contribution in [0.3, 0.4) is 0 Å². The lowest BCUT2D eigenvalue weighted by Crippen LogP contribution is -2.26. The van der Waals surface area contributed by atoms with Crippen molar-refractivity contribution in [3.63, 3.8) is 0 Å². The lowest BCUT2D eigenvalue weighted by atomic mass is 9.94. The lowest BCUT2D eigenvalue weighted by molar-refractivity contribution is 0.417. The zero-order valence-corrected chi connectivity index (χ0v) is 8.00. The minimum Gasteiger partial charge on any atom is -0.315 e. The Morgan fingerprint density at radius 3 is 2.92 bits per heavy atom. The summed E-state index contributed by atoms with van der Waals surface area (Å²) >= 11 is 0. The first-order valence-corrected chi connectivity index (χ1v) is 5.22. The Hall–Kier alpha value is -0.740. The molecule has 1 saturated carbocycles. The lowest BCUT2D eigenvalue weighted by Gasteiger charge is -2.17. The minimum atomic E-state index is 0.858. The van der Waals surface area contributed by atoms with Crippen LogP contribution in [0.5, 0.6) is 0 Å². The highest BCUT2D eigenvalue weighted by molar-refractivity contribution is 5.10. The van der Waals surface area contributed by atoms with Crippen LogP contribution in [0.1, 0.15) is 19.3 Å². The summed E-state index contributed by atoms with van der Waals surface area (Å²) in [7, 11) is 0. The Kier molecular flexibility index (Phi) is 2.71. The van der Waals surface area contributed by atoms with Gasteiger partial charge in [-0.15, -0.1) is 12.3 Å². The number of nitrogens with one attached hydrogen (secondary N) is 1. The highest BCUT2D eigenvalue weighted by Gasteiger charge is 2.34. The second kappa shape index (κ2) is 3.98. The Morgan fingerprint density at radius 2 is 2.31 bits per heavy atom. The van der Waals surface area contributed by atoms with Gasteiger partial charge in [0.25, 0.3) is 0 Å². The molecule has 2 aliphatic carbocycles. The van der Waals surface area contributed by atoms with E-state index in [1.165, 1.54) is 12.8 Å². The molecule has 2 aliphatic rings. The van der Waals surface area contributed by atoms with E-state index in [-0.39, 0.29) is 0 Å². The maximum Gasteiger partial charge on any atom is 0.0211 e. The monoisotopic (exact) mass is 175 g/mol. The van der Waals surface area contributed by atoms with Crippen LogP contribution in [0.25, 0.3) is 0 Å². The third kappa shape index (κ3) is 1.95. The molecular weight excluding hydrogens is 158 g/mol. The molecule has 0 heterocycles. The van der Waals surface area contributed by atoms with Gasteiger partial charge in [-0.05, 0) is 37.1 Å². The number of hydrogen-bond acceptors (Lipinski definition) is 1. The molecule has 1 fully saturated rings. The summed E-state index contributed by atoms with van der Waals surface area (Å²) in [5, 5.41) is 3.44. The van der Waals surface area contributed by atoms with E-state index in [1.807, 2.05) is 0 Å². The van der Waals surface area contributed by atoms with Gasteiger partial charge in [0.2, 0.25) is 0 Å². The first kappa shape index (κ1) is 8.84. The quantitative estimate of drug-likeness (QED) is 0.390. The minimum absolute atomic E-state index is 0.858. The molecule has 0 aromatic rings. The molecule has 0 radical (unpaired) electrons. The first-order valence-electron chi connectivity index (χ1n) is 5.22. The summed E-state index contributed by atoms with van der Waals surface area (Å²) in [6.07, 6.45) is 13.6. The fourth-order valence-corrected chi connectivity index (χ4v) is 2.58. The SMILES string of the molecule is C#CCCNCC1CC2C=CC1C2. The molecule has 1 N–H and O–H groups in total. The predicted molar refractivity (Wildman–Crippen MR) is 55.2 cm³/mol. The summed E-state index contributed by atoms with van der Waals surface area (Å²) in [5.74, 6) is 5.29. The second-order valence-corrected chi connectivity index (χ2v) is 4.20. The average Bonchev–Trinajstić information content (AvgIpc) is 2.73. The van der Waals surface area contributed by atoms with E-state index >= 15 is 0 Å². The van der Waals surface area contributed by atoms with E-state index in [9.17, 15) is 0 Å². The molecular formula is C12H17N. The molecule has 13 heavy (non-hydrogen) atoms. The fourth-order valence-electron chi connectivity index (χ4n) is 2.58. The van der Waals surface area contributed by atoms with Gasteiger partial charge in [-0.2, -0.15) is 0 Å². The number of hydrogen-bond donors (Lipinski definition) is 1. The Labute approximate surface area is 80.6 Å². The molecule has 0 spiro atoms. The van der Waals surface area contributed by atoms with Crippen molar-refractivity contribution >= 4 is 0 Å². The van der Waals surface area contributed by atoms with Crippen LogP contribution in [0.4, 0.5) is 0 Å². The van der Waals surface area contributed by atoms with Gasteiger partial charge in [-0.25, -0.2) is 0 Å². The standard InChI is InChI=1S/C12H17N/c1-2-3-6-13-9-12-8-10-4-5-11(12)7-10/h1,4-5,10-13H,3,6-9H2. The van der Waals surface area contributed by atoms with E-state index < -0.39 is 0 Å². The summed E-state index contributed by atoms with van der Waals surface area (Å²) in [6, 6.07) is 0. The number of terminal acetylenes is 1. The van der Waals surface area contributed by atoms with Crippen LogP contribution in [-0.2, 0) is 0 Å². The molecule has 1 nitrogen and oxygen atoms in total. The molecule has 0 amide bonds. The molecule has 1 heteroatoms. The number of fused-ring (bicyclic) bond motifs is 2. The Balaban J connectivity index is 1.67. The van der Waals surface area contributed by atoms with Gasteiger partial charge in [0.05, 0.1) is 0 Å².